The lowest BCUT2D eigenvalue weighted by molar-refractivity contribution is -0.117. The van der Waals surface area contributed by atoms with Crippen LogP contribution in [0.25, 0.3) is 0 Å². The molecule has 7 heteroatoms. The second-order valence-corrected chi connectivity index (χ2v) is 12.1. The summed E-state index contributed by atoms with van der Waals surface area (Å²) in [6.07, 6.45) is 9.38. The van der Waals surface area contributed by atoms with Crippen molar-refractivity contribution in [1.82, 2.24) is 5.32 Å². The van der Waals surface area contributed by atoms with Crippen molar-refractivity contribution in [1.29, 1.82) is 0 Å². The number of rotatable bonds is 5. The lowest BCUT2D eigenvalue weighted by atomic mass is 9.46. The number of amides is 1. The Bertz CT molecular complexity index is 1160. The van der Waals surface area contributed by atoms with E-state index in [0.29, 0.717) is 41.4 Å². The first kappa shape index (κ1) is 25.7. The van der Waals surface area contributed by atoms with E-state index in [1.807, 2.05) is 13.0 Å². The van der Waals surface area contributed by atoms with Gasteiger partial charge in [0.2, 0.25) is 0 Å². The van der Waals surface area contributed by atoms with Gasteiger partial charge in [0, 0.05) is 18.9 Å². The molecule has 2 N–H and O–H groups in total. The fourth-order valence-electron chi connectivity index (χ4n) is 8.41. The lowest BCUT2D eigenvalue weighted by Crippen LogP contribution is -2.51. The maximum absolute atomic E-state index is 12.6. The molecule has 0 saturated heterocycles. The van der Waals surface area contributed by atoms with E-state index in [1.54, 1.807) is 24.3 Å². The minimum absolute atomic E-state index is 0.155. The van der Waals surface area contributed by atoms with Gasteiger partial charge in [-0.05, 0) is 104 Å². The van der Waals surface area contributed by atoms with Crippen molar-refractivity contribution >= 4 is 23.6 Å². The Hall–Kier alpha value is -2.96. The van der Waals surface area contributed by atoms with Crippen molar-refractivity contribution in [2.45, 2.75) is 78.7 Å². The Morgan fingerprint density at radius 1 is 1.05 bits per heavy atom. The largest absolute Gasteiger partial charge is 0.465 e. The second kappa shape index (κ2) is 9.73. The first-order chi connectivity index (χ1) is 17.6. The molecule has 7 nitrogen and oxygen atoms in total. The Kier molecular flexibility index (Phi) is 6.75. The summed E-state index contributed by atoms with van der Waals surface area (Å²) in [6, 6.07) is 6.67. The van der Waals surface area contributed by atoms with Crippen LogP contribution in [-0.4, -0.2) is 28.7 Å². The number of carbonyl (C=O) groups excluding carboxylic acids is 2. The number of benzene rings is 1. The number of ketones is 1. The Morgan fingerprint density at radius 2 is 1.81 bits per heavy atom. The van der Waals surface area contributed by atoms with E-state index in [0.717, 1.165) is 37.0 Å². The van der Waals surface area contributed by atoms with Gasteiger partial charge in [0.15, 0.2) is 5.78 Å². The highest BCUT2D eigenvalue weighted by Gasteiger charge is 2.59. The highest BCUT2D eigenvalue weighted by molar-refractivity contribution is 5.92. The molecule has 3 saturated carbocycles. The lowest BCUT2D eigenvalue weighted by Gasteiger charge is -2.58. The summed E-state index contributed by atoms with van der Waals surface area (Å²) < 4.78 is 0. The third-order valence-corrected chi connectivity index (χ3v) is 10.4. The first-order valence-electron chi connectivity index (χ1n) is 13.7. The number of hydrogen-bond donors (Lipinski definition) is 2. The number of nitrogens with one attached hydrogen (secondary N) is 1. The number of hydrogen-bond acceptors (Lipinski definition) is 5. The molecule has 0 aliphatic heterocycles. The number of carbonyl (C=O) groups is 3. The molecule has 5 rings (SSSR count). The van der Waals surface area contributed by atoms with Crippen LogP contribution in [0.15, 0.2) is 41.1 Å². The standard InChI is InChI=1S/C30H38N2O5/c1-18(32-37-27(34)20-6-4-19(5-7-20)17-31-28(35)36)24-10-11-25-23-9-8-21-16-22(33)12-14-29(21,2)26(23)13-15-30(24,25)3/h4-7,16,23-26,31H,8-15,17H2,1-3H3,(H,35,36)/t23-,24+,25-,26-,29-,30+/m0/s1. The summed E-state index contributed by atoms with van der Waals surface area (Å²) in [6.45, 7) is 7.01. The Labute approximate surface area is 218 Å². The zero-order valence-electron chi connectivity index (χ0n) is 22.1. The summed E-state index contributed by atoms with van der Waals surface area (Å²) in [5.41, 5.74) is 3.77. The quantitative estimate of drug-likeness (QED) is 0.284. The van der Waals surface area contributed by atoms with E-state index in [-0.39, 0.29) is 17.4 Å². The third-order valence-electron chi connectivity index (χ3n) is 10.4. The van der Waals surface area contributed by atoms with Crippen LogP contribution in [0.2, 0.25) is 0 Å². The highest BCUT2D eigenvalue weighted by Crippen LogP contribution is 2.66. The Morgan fingerprint density at radius 3 is 2.54 bits per heavy atom. The van der Waals surface area contributed by atoms with Gasteiger partial charge in [-0.25, -0.2) is 9.59 Å². The van der Waals surface area contributed by atoms with E-state index in [4.69, 9.17) is 9.94 Å². The molecule has 198 valence electrons. The molecule has 0 radical (unpaired) electrons. The van der Waals surface area contributed by atoms with Crippen LogP contribution in [0.1, 0.15) is 88.1 Å². The van der Waals surface area contributed by atoms with Crippen molar-refractivity contribution in [3.05, 3.63) is 47.0 Å². The third kappa shape index (κ3) is 4.62. The van der Waals surface area contributed by atoms with Crippen molar-refractivity contribution in [2.75, 3.05) is 0 Å². The van der Waals surface area contributed by atoms with Crippen LogP contribution in [0.5, 0.6) is 0 Å². The average Bonchev–Trinajstić information content (AvgIpc) is 3.24. The molecule has 0 aromatic heterocycles. The SMILES string of the molecule is CC(=NOC(=O)c1ccc(CNC(=O)O)cc1)[C@H]1CC[C@H]2[C@@H]3CCC4=CC(=O)CC[C@]4(C)[C@H]3CC[C@]12C. The molecule has 0 heterocycles. The maximum Gasteiger partial charge on any atom is 0.404 e. The molecular weight excluding hydrogens is 468 g/mol. The average molecular weight is 507 g/mol. The fourth-order valence-corrected chi connectivity index (χ4v) is 8.41. The minimum atomic E-state index is -1.09. The number of allylic oxidation sites excluding steroid dienone is 1. The second-order valence-electron chi connectivity index (χ2n) is 12.1. The highest BCUT2D eigenvalue weighted by atomic mass is 16.7. The molecule has 0 unspecified atom stereocenters. The van der Waals surface area contributed by atoms with Crippen LogP contribution < -0.4 is 5.32 Å². The molecule has 1 aromatic rings. The zero-order valence-corrected chi connectivity index (χ0v) is 22.1. The van der Waals surface area contributed by atoms with Crippen LogP contribution in [0, 0.1) is 34.5 Å². The fraction of sp³-hybridized carbons (Fsp3) is 0.600. The van der Waals surface area contributed by atoms with Crippen LogP contribution in [-0.2, 0) is 16.2 Å². The smallest absolute Gasteiger partial charge is 0.404 e. The monoisotopic (exact) mass is 506 g/mol. The topological polar surface area (TPSA) is 105 Å². The van der Waals surface area contributed by atoms with Crippen molar-refractivity contribution in [3.63, 3.8) is 0 Å². The Balaban J connectivity index is 1.25. The van der Waals surface area contributed by atoms with Crippen molar-refractivity contribution in [3.8, 4) is 0 Å². The predicted octanol–water partition coefficient (Wildman–Crippen LogP) is 6.14. The molecule has 6 atom stereocenters. The van der Waals surface area contributed by atoms with Crippen molar-refractivity contribution in [2.24, 2.45) is 39.7 Å². The molecule has 1 amide bonds. The van der Waals surface area contributed by atoms with Crippen LogP contribution in [0.3, 0.4) is 0 Å². The van der Waals surface area contributed by atoms with Gasteiger partial charge in [0.1, 0.15) is 0 Å². The summed E-state index contributed by atoms with van der Waals surface area (Å²) in [7, 11) is 0. The van der Waals surface area contributed by atoms with Gasteiger partial charge in [-0.15, -0.1) is 0 Å². The molecular formula is C30H38N2O5. The summed E-state index contributed by atoms with van der Waals surface area (Å²) in [5.74, 6) is 2.07. The molecule has 1 aromatic carbocycles. The molecule has 4 aliphatic rings. The zero-order chi connectivity index (χ0) is 26.4. The number of fused-ring (bicyclic) bond motifs is 5. The normalized spacial score (nSPS) is 35.1. The van der Waals surface area contributed by atoms with Crippen molar-refractivity contribution < 1.29 is 24.3 Å². The van der Waals surface area contributed by atoms with E-state index >= 15 is 0 Å². The molecule has 37 heavy (non-hydrogen) atoms. The van der Waals surface area contributed by atoms with Gasteiger partial charge in [-0.3, -0.25) is 4.79 Å². The predicted molar refractivity (Wildman–Crippen MR) is 140 cm³/mol. The number of carboxylic acid groups (broad SMARTS) is 1. The summed E-state index contributed by atoms with van der Waals surface area (Å²) in [4.78, 5) is 40.7. The van der Waals surface area contributed by atoms with Gasteiger partial charge < -0.3 is 15.3 Å². The number of oxime groups is 1. The maximum atomic E-state index is 12.6. The van der Waals surface area contributed by atoms with E-state index in [2.05, 4.69) is 24.3 Å². The van der Waals surface area contributed by atoms with E-state index in [9.17, 15) is 14.4 Å². The molecule has 4 aliphatic carbocycles. The van der Waals surface area contributed by atoms with Crippen LogP contribution >= 0.6 is 0 Å². The van der Waals surface area contributed by atoms with Crippen LogP contribution in [0.4, 0.5) is 4.79 Å². The number of nitrogens with zero attached hydrogens (tertiary/aromatic N) is 1. The van der Waals surface area contributed by atoms with E-state index in [1.165, 1.54) is 24.8 Å². The first-order valence-corrected chi connectivity index (χ1v) is 13.7. The summed E-state index contributed by atoms with van der Waals surface area (Å²) in [5, 5.41) is 15.4. The molecule has 0 bridgehead atoms. The van der Waals surface area contributed by atoms with E-state index < -0.39 is 12.1 Å². The van der Waals surface area contributed by atoms with Gasteiger partial charge >= 0.3 is 12.1 Å². The van der Waals surface area contributed by atoms with Gasteiger partial charge in [-0.1, -0.05) is 36.7 Å². The molecule has 3 fully saturated rings. The van der Waals surface area contributed by atoms with Gasteiger partial charge in [0.25, 0.3) is 0 Å². The minimum Gasteiger partial charge on any atom is -0.465 e. The van der Waals surface area contributed by atoms with Gasteiger partial charge in [-0.2, -0.15) is 0 Å². The summed E-state index contributed by atoms with van der Waals surface area (Å²) >= 11 is 0. The van der Waals surface area contributed by atoms with Gasteiger partial charge in [0.05, 0.1) is 11.3 Å². The molecule has 0 spiro atoms.